The lowest BCUT2D eigenvalue weighted by molar-refractivity contribution is -0.385. The van der Waals surface area contributed by atoms with Crippen molar-refractivity contribution in [3.05, 3.63) is 36.9 Å². The number of carbonyl (C=O) groups is 1. The Morgan fingerprint density at radius 1 is 1.50 bits per heavy atom. The van der Waals surface area contributed by atoms with Crippen LogP contribution in [0.15, 0.2) is 12.1 Å². The normalized spacial score (nSPS) is 9.93. The van der Waals surface area contributed by atoms with Gasteiger partial charge in [-0.05, 0) is 42.0 Å². The largest absolute Gasteiger partial charge is 0.294 e. The summed E-state index contributed by atoms with van der Waals surface area (Å²) in [5.41, 5.74) is 1.20. The summed E-state index contributed by atoms with van der Waals surface area (Å²) >= 11 is 1.83. The molecule has 74 valence electrons. The van der Waals surface area contributed by atoms with Crippen molar-refractivity contribution in [1.82, 2.24) is 0 Å². The number of halogens is 1. The molecular formula is C9H8INO3. The zero-order chi connectivity index (χ0) is 10.9. The molecule has 1 aromatic carbocycles. The lowest BCUT2D eigenvalue weighted by atomic mass is 10.1. The van der Waals surface area contributed by atoms with Gasteiger partial charge in [-0.2, -0.15) is 0 Å². The molecule has 0 amide bonds. The van der Waals surface area contributed by atoms with Gasteiger partial charge in [0.15, 0.2) is 5.78 Å². The van der Waals surface area contributed by atoms with Crippen LogP contribution in [0.25, 0.3) is 0 Å². The summed E-state index contributed by atoms with van der Waals surface area (Å²) in [4.78, 5) is 21.4. The van der Waals surface area contributed by atoms with Crippen LogP contribution >= 0.6 is 22.6 Å². The van der Waals surface area contributed by atoms with E-state index in [1.54, 1.807) is 13.0 Å². The van der Waals surface area contributed by atoms with Crippen molar-refractivity contribution in [2.24, 2.45) is 0 Å². The molecule has 1 rings (SSSR count). The standard InChI is InChI=1S/C9H8INO3/c1-5-3-4-7(11(13)14)9(10)8(5)6(2)12/h3-4H,1-2H3. The fourth-order valence-corrected chi connectivity index (χ4v) is 2.42. The molecule has 0 fully saturated rings. The van der Waals surface area contributed by atoms with E-state index in [-0.39, 0.29) is 11.5 Å². The summed E-state index contributed by atoms with van der Waals surface area (Å²) in [6.45, 7) is 3.18. The molecule has 0 aromatic heterocycles. The fourth-order valence-electron chi connectivity index (χ4n) is 1.23. The molecule has 1 aromatic rings. The fraction of sp³-hybridized carbons (Fsp3) is 0.222. The Morgan fingerprint density at radius 2 is 2.07 bits per heavy atom. The van der Waals surface area contributed by atoms with Crippen LogP contribution in [0.1, 0.15) is 22.8 Å². The molecule has 0 aliphatic heterocycles. The number of carbonyl (C=O) groups excluding carboxylic acids is 1. The number of hydrogen-bond acceptors (Lipinski definition) is 3. The Balaban J connectivity index is 3.49. The SMILES string of the molecule is CC(=O)c1c(C)ccc([N+](=O)[O-])c1I. The summed E-state index contributed by atoms with van der Waals surface area (Å²) in [5, 5.41) is 10.6. The van der Waals surface area contributed by atoms with Crippen molar-refractivity contribution in [2.75, 3.05) is 0 Å². The molecule has 0 heterocycles. The van der Waals surface area contributed by atoms with Gasteiger partial charge in [-0.25, -0.2) is 0 Å². The first-order valence-corrected chi connectivity index (χ1v) is 4.97. The van der Waals surface area contributed by atoms with Gasteiger partial charge in [0, 0.05) is 11.6 Å². The number of nitro groups is 1. The number of rotatable bonds is 2. The Kier molecular flexibility index (Phi) is 3.20. The van der Waals surface area contributed by atoms with Gasteiger partial charge in [-0.1, -0.05) is 6.07 Å². The van der Waals surface area contributed by atoms with E-state index in [4.69, 9.17) is 0 Å². The highest BCUT2D eigenvalue weighted by atomic mass is 127. The van der Waals surface area contributed by atoms with E-state index in [9.17, 15) is 14.9 Å². The highest BCUT2D eigenvalue weighted by molar-refractivity contribution is 14.1. The van der Waals surface area contributed by atoms with Crippen molar-refractivity contribution in [2.45, 2.75) is 13.8 Å². The average molecular weight is 305 g/mol. The van der Waals surface area contributed by atoms with Crippen molar-refractivity contribution in [3.8, 4) is 0 Å². The predicted molar refractivity (Wildman–Crippen MR) is 60.6 cm³/mol. The number of aryl methyl sites for hydroxylation is 1. The molecule has 0 radical (unpaired) electrons. The third kappa shape index (κ3) is 1.92. The lowest BCUT2D eigenvalue weighted by Gasteiger charge is -2.04. The van der Waals surface area contributed by atoms with E-state index in [1.165, 1.54) is 13.0 Å². The van der Waals surface area contributed by atoms with Crippen molar-refractivity contribution in [1.29, 1.82) is 0 Å². The van der Waals surface area contributed by atoms with Crippen LogP contribution in [-0.4, -0.2) is 10.7 Å². The summed E-state index contributed by atoms with van der Waals surface area (Å²) in [5.74, 6) is -0.143. The summed E-state index contributed by atoms with van der Waals surface area (Å²) in [6.07, 6.45) is 0. The average Bonchev–Trinajstić information content (AvgIpc) is 2.02. The number of hydrogen-bond donors (Lipinski definition) is 0. The van der Waals surface area contributed by atoms with Gasteiger partial charge < -0.3 is 0 Å². The third-order valence-corrected chi connectivity index (χ3v) is 2.97. The zero-order valence-corrected chi connectivity index (χ0v) is 9.86. The highest BCUT2D eigenvalue weighted by Crippen LogP contribution is 2.27. The van der Waals surface area contributed by atoms with Gasteiger partial charge in [0.1, 0.15) is 3.57 Å². The van der Waals surface area contributed by atoms with E-state index in [0.717, 1.165) is 5.56 Å². The quantitative estimate of drug-likeness (QED) is 0.365. The number of benzene rings is 1. The predicted octanol–water partition coefficient (Wildman–Crippen LogP) is 2.71. The Bertz CT molecular complexity index is 415. The highest BCUT2D eigenvalue weighted by Gasteiger charge is 2.19. The van der Waals surface area contributed by atoms with E-state index >= 15 is 0 Å². The van der Waals surface area contributed by atoms with Crippen LogP contribution in [0.4, 0.5) is 5.69 Å². The number of nitro benzene ring substituents is 1. The van der Waals surface area contributed by atoms with Gasteiger partial charge in [0.25, 0.3) is 5.69 Å². The first kappa shape index (κ1) is 11.1. The molecule has 4 nitrogen and oxygen atoms in total. The summed E-state index contributed by atoms with van der Waals surface area (Å²) in [6, 6.07) is 3.01. The smallest absolute Gasteiger partial charge is 0.283 e. The van der Waals surface area contributed by atoms with Gasteiger partial charge in [-0.15, -0.1) is 0 Å². The molecule has 0 unspecified atom stereocenters. The van der Waals surface area contributed by atoms with Crippen LogP contribution in [0.3, 0.4) is 0 Å². The van der Waals surface area contributed by atoms with E-state index in [1.807, 2.05) is 22.6 Å². The van der Waals surface area contributed by atoms with Crippen molar-refractivity contribution in [3.63, 3.8) is 0 Å². The Labute approximate surface area is 94.6 Å². The molecule has 0 N–H and O–H groups in total. The van der Waals surface area contributed by atoms with Crippen molar-refractivity contribution >= 4 is 34.1 Å². The van der Waals surface area contributed by atoms with Crippen LogP contribution in [0.5, 0.6) is 0 Å². The number of Topliss-reactive ketones (excluding diaryl/α,β-unsaturated/α-hetero) is 1. The minimum absolute atomic E-state index is 0.0126. The second-order valence-electron chi connectivity index (χ2n) is 2.90. The molecule has 0 atom stereocenters. The number of ketones is 1. The molecular weight excluding hydrogens is 297 g/mol. The van der Waals surface area contributed by atoms with Gasteiger partial charge in [0.05, 0.1) is 4.92 Å². The van der Waals surface area contributed by atoms with E-state index in [0.29, 0.717) is 9.13 Å². The van der Waals surface area contributed by atoms with Gasteiger partial charge in [-0.3, -0.25) is 14.9 Å². The zero-order valence-electron chi connectivity index (χ0n) is 7.70. The molecule has 5 heteroatoms. The van der Waals surface area contributed by atoms with Crippen LogP contribution < -0.4 is 0 Å². The third-order valence-electron chi connectivity index (χ3n) is 1.88. The first-order chi connectivity index (χ1) is 6.45. The first-order valence-electron chi connectivity index (χ1n) is 3.89. The molecule has 14 heavy (non-hydrogen) atoms. The van der Waals surface area contributed by atoms with E-state index < -0.39 is 4.92 Å². The molecule has 0 saturated heterocycles. The van der Waals surface area contributed by atoms with Gasteiger partial charge in [0.2, 0.25) is 0 Å². The molecule has 0 aliphatic rings. The second-order valence-corrected chi connectivity index (χ2v) is 3.98. The summed E-state index contributed by atoms with van der Waals surface area (Å²) in [7, 11) is 0. The van der Waals surface area contributed by atoms with Crippen LogP contribution in [0.2, 0.25) is 0 Å². The maximum Gasteiger partial charge on any atom is 0.283 e. The Morgan fingerprint density at radius 3 is 2.50 bits per heavy atom. The maximum absolute atomic E-state index is 11.2. The molecule has 0 bridgehead atoms. The lowest BCUT2D eigenvalue weighted by Crippen LogP contribution is -2.03. The minimum Gasteiger partial charge on any atom is -0.294 e. The Hall–Kier alpha value is -0.980. The van der Waals surface area contributed by atoms with Crippen LogP contribution in [-0.2, 0) is 0 Å². The molecule has 0 saturated carbocycles. The summed E-state index contributed by atoms with van der Waals surface area (Å²) < 4.78 is 0.417. The monoisotopic (exact) mass is 305 g/mol. The van der Waals surface area contributed by atoms with Crippen LogP contribution in [0, 0.1) is 20.6 Å². The number of nitrogens with zero attached hydrogens (tertiary/aromatic N) is 1. The second kappa shape index (κ2) is 4.04. The topological polar surface area (TPSA) is 60.2 Å². The van der Waals surface area contributed by atoms with Crippen molar-refractivity contribution < 1.29 is 9.72 Å². The maximum atomic E-state index is 11.2. The van der Waals surface area contributed by atoms with Gasteiger partial charge >= 0.3 is 0 Å². The molecule has 0 aliphatic carbocycles. The minimum atomic E-state index is -0.479. The van der Waals surface area contributed by atoms with E-state index in [2.05, 4.69) is 0 Å². The molecule has 0 spiro atoms.